The number of nitrogens with zero attached hydrogens (tertiary/aromatic N) is 3. The van der Waals surface area contributed by atoms with Crippen LogP contribution in [0, 0.1) is 0 Å². The summed E-state index contributed by atoms with van der Waals surface area (Å²) in [5.74, 6) is -4.12. The number of pyridine rings is 1. The molecule has 0 saturated carbocycles. The van der Waals surface area contributed by atoms with Crippen LogP contribution >= 0.6 is 11.6 Å². The first-order chi connectivity index (χ1) is 20.3. The van der Waals surface area contributed by atoms with E-state index < -0.39 is 35.7 Å². The molecule has 18 heteroatoms. The highest BCUT2D eigenvalue weighted by Crippen LogP contribution is 2.41. The van der Waals surface area contributed by atoms with Crippen LogP contribution in [-0.4, -0.2) is 70.0 Å². The molecule has 1 aromatic heterocycles. The lowest BCUT2D eigenvalue weighted by atomic mass is 9.86. The Morgan fingerprint density at radius 1 is 1.20 bits per heavy atom. The summed E-state index contributed by atoms with van der Waals surface area (Å²) < 4.78 is 78.1. The second kappa shape index (κ2) is 13.3. The van der Waals surface area contributed by atoms with Crippen LogP contribution < -0.4 is 15.8 Å². The number of anilines is 1. The zero-order valence-electron chi connectivity index (χ0n) is 23.0. The Hall–Kier alpha value is -4.12. The van der Waals surface area contributed by atoms with Crippen molar-refractivity contribution in [1.82, 2.24) is 9.88 Å². The van der Waals surface area contributed by atoms with E-state index in [9.17, 15) is 35.9 Å². The van der Waals surface area contributed by atoms with Crippen LogP contribution in [0.2, 0.25) is 5.02 Å². The first-order valence-electron chi connectivity index (χ1n) is 12.7. The average Bonchev–Trinajstić information content (AvgIpc) is 2.88. The van der Waals surface area contributed by atoms with Gasteiger partial charge in [-0.05, 0) is 44.9 Å². The number of rotatable bonds is 5. The SMILES string of the molecule is C[C@@H]1C[C@H](N2C(=O)C[C@@](C)(c3cccc(NC(=O)c4ccc(OC(F)(F)F)cn4)c3Cl)N=C2N)CCO1.O=C(O)C(F)(F)F. The molecule has 44 heavy (non-hydrogen) atoms. The van der Waals surface area contributed by atoms with Gasteiger partial charge < -0.3 is 25.6 Å². The van der Waals surface area contributed by atoms with Crippen LogP contribution in [0.25, 0.3) is 0 Å². The Morgan fingerprint density at radius 3 is 2.39 bits per heavy atom. The largest absolute Gasteiger partial charge is 0.573 e. The Labute approximate surface area is 251 Å². The van der Waals surface area contributed by atoms with Gasteiger partial charge in [-0.25, -0.2) is 14.8 Å². The van der Waals surface area contributed by atoms with Crippen molar-refractivity contribution in [2.45, 2.75) is 63.3 Å². The van der Waals surface area contributed by atoms with Crippen molar-refractivity contribution in [2.75, 3.05) is 11.9 Å². The zero-order valence-corrected chi connectivity index (χ0v) is 23.8. The number of benzene rings is 1. The molecular weight excluding hydrogens is 628 g/mol. The number of carbonyl (C=O) groups excluding carboxylic acids is 2. The van der Waals surface area contributed by atoms with Crippen molar-refractivity contribution >= 4 is 41.0 Å². The second-order valence-electron chi connectivity index (χ2n) is 9.90. The van der Waals surface area contributed by atoms with E-state index in [1.807, 2.05) is 6.92 Å². The smallest absolute Gasteiger partial charge is 0.475 e. The van der Waals surface area contributed by atoms with E-state index in [-0.39, 0.29) is 46.8 Å². The number of carboxylic acid groups (broad SMARTS) is 1. The van der Waals surface area contributed by atoms with Gasteiger partial charge in [-0.15, -0.1) is 13.2 Å². The molecule has 3 heterocycles. The molecule has 2 aliphatic rings. The fraction of sp³-hybridized carbons (Fsp3) is 0.423. The van der Waals surface area contributed by atoms with E-state index in [1.165, 1.54) is 4.90 Å². The number of aliphatic imine (C=N–C) groups is 1. The van der Waals surface area contributed by atoms with Crippen LogP contribution in [0.1, 0.15) is 49.2 Å². The predicted molar refractivity (Wildman–Crippen MR) is 143 cm³/mol. The Bertz CT molecular complexity index is 1420. The van der Waals surface area contributed by atoms with E-state index in [0.29, 0.717) is 25.0 Å². The summed E-state index contributed by atoms with van der Waals surface area (Å²) in [6.07, 6.45) is -7.84. The molecule has 1 aromatic carbocycles. The van der Waals surface area contributed by atoms with Gasteiger partial charge in [0.25, 0.3) is 5.91 Å². The van der Waals surface area contributed by atoms with Crippen molar-refractivity contribution in [2.24, 2.45) is 10.7 Å². The molecule has 1 fully saturated rings. The third kappa shape index (κ3) is 8.72. The molecule has 0 unspecified atom stereocenters. The van der Waals surface area contributed by atoms with Crippen molar-refractivity contribution < 1.29 is 55.3 Å². The highest BCUT2D eigenvalue weighted by atomic mass is 35.5. The third-order valence-corrected chi connectivity index (χ3v) is 6.87. The van der Waals surface area contributed by atoms with Crippen molar-refractivity contribution in [3.8, 4) is 5.75 Å². The molecule has 4 rings (SSSR count). The number of nitrogens with one attached hydrogen (secondary N) is 1. The number of aromatic nitrogens is 1. The number of halogens is 7. The predicted octanol–water partition coefficient (Wildman–Crippen LogP) is 4.85. The number of hydrogen-bond acceptors (Lipinski definition) is 8. The summed E-state index contributed by atoms with van der Waals surface area (Å²) in [6.45, 7) is 4.20. The molecule has 2 aliphatic heterocycles. The monoisotopic (exact) mass is 653 g/mol. The van der Waals surface area contributed by atoms with Crippen LogP contribution in [0.3, 0.4) is 0 Å². The van der Waals surface area contributed by atoms with E-state index in [2.05, 4.69) is 20.0 Å². The molecule has 0 spiro atoms. The van der Waals surface area contributed by atoms with Crippen LogP contribution in [0.4, 0.5) is 32.0 Å². The number of ether oxygens (including phenoxy) is 2. The Morgan fingerprint density at radius 2 is 1.86 bits per heavy atom. The van der Waals surface area contributed by atoms with E-state index in [0.717, 1.165) is 18.3 Å². The highest BCUT2D eigenvalue weighted by molar-refractivity contribution is 6.35. The molecular formula is C26H26ClF6N5O6. The first-order valence-corrected chi connectivity index (χ1v) is 13.1. The van der Waals surface area contributed by atoms with Crippen molar-refractivity contribution in [3.63, 3.8) is 0 Å². The van der Waals surface area contributed by atoms with Gasteiger partial charge in [-0.2, -0.15) is 13.2 Å². The summed E-state index contributed by atoms with van der Waals surface area (Å²) >= 11 is 6.63. The number of alkyl halides is 6. The fourth-order valence-corrected chi connectivity index (χ4v) is 4.92. The molecule has 11 nitrogen and oxygen atoms in total. The van der Waals surface area contributed by atoms with Crippen molar-refractivity contribution in [3.05, 3.63) is 52.8 Å². The normalized spacial score (nSPS) is 22.3. The number of aliphatic carboxylic acids is 1. The van der Waals surface area contributed by atoms with Gasteiger partial charge in [0.1, 0.15) is 11.4 Å². The zero-order chi connectivity index (χ0) is 33.0. The lowest BCUT2D eigenvalue weighted by molar-refractivity contribution is -0.274. The molecule has 4 N–H and O–H groups in total. The topological polar surface area (TPSA) is 156 Å². The van der Waals surface area contributed by atoms with E-state index in [4.69, 9.17) is 32.0 Å². The number of carbonyl (C=O) groups is 3. The summed E-state index contributed by atoms with van der Waals surface area (Å²) in [6, 6.07) is 6.83. The standard InChI is InChI=1S/C24H25ClF3N5O4.C2HF3O2/c1-13-10-14(8-9-36-13)33-19(34)11-23(2,32-22(33)29)16-4-3-5-17(20(16)25)31-21(35)18-7-6-15(12-30-18)37-24(26,27)28;3-2(4,5)1(6)7/h3-7,12-14H,8-11H2,1-2H3,(H2,29,32)(H,31,35);(H,6,7)/t13-,14-,23+;/m1./s1. The van der Waals surface area contributed by atoms with Gasteiger partial charge in [0.2, 0.25) is 5.91 Å². The van der Waals surface area contributed by atoms with Gasteiger partial charge in [-0.1, -0.05) is 23.7 Å². The van der Waals surface area contributed by atoms with Gasteiger partial charge in [-0.3, -0.25) is 14.5 Å². The van der Waals surface area contributed by atoms with Crippen molar-refractivity contribution in [1.29, 1.82) is 0 Å². The van der Waals surface area contributed by atoms with Crippen LogP contribution in [0.15, 0.2) is 41.5 Å². The lowest BCUT2D eigenvalue weighted by Crippen LogP contribution is -2.56. The molecule has 0 radical (unpaired) electrons. The number of carboxylic acids is 1. The number of guanidine groups is 1. The minimum absolute atomic E-state index is 0.00487. The Balaban J connectivity index is 0.000000676. The van der Waals surface area contributed by atoms with Gasteiger partial charge in [0.05, 0.1) is 35.0 Å². The van der Waals surface area contributed by atoms with E-state index >= 15 is 0 Å². The molecule has 240 valence electrons. The Kier molecular flexibility index (Phi) is 10.4. The van der Waals surface area contributed by atoms with Crippen LogP contribution in [0.5, 0.6) is 5.75 Å². The molecule has 2 amide bonds. The number of hydrogen-bond donors (Lipinski definition) is 3. The maximum atomic E-state index is 13.2. The van der Waals surface area contributed by atoms with Gasteiger partial charge in [0, 0.05) is 18.2 Å². The summed E-state index contributed by atoms with van der Waals surface area (Å²) in [5, 5.41) is 9.86. The molecule has 2 aromatic rings. The molecule has 0 bridgehead atoms. The third-order valence-electron chi connectivity index (χ3n) is 6.47. The maximum Gasteiger partial charge on any atom is 0.573 e. The molecule has 3 atom stereocenters. The van der Waals surface area contributed by atoms with Crippen LogP contribution in [-0.2, 0) is 19.9 Å². The minimum Gasteiger partial charge on any atom is -0.475 e. The molecule has 1 saturated heterocycles. The summed E-state index contributed by atoms with van der Waals surface area (Å²) in [4.78, 5) is 44.6. The maximum absolute atomic E-state index is 13.2. The van der Waals surface area contributed by atoms with Gasteiger partial charge in [0.15, 0.2) is 5.96 Å². The lowest BCUT2D eigenvalue weighted by Gasteiger charge is -2.41. The summed E-state index contributed by atoms with van der Waals surface area (Å²) in [7, 11) is 0. The van der Waals surface area contributed by atoms with E-state index in [1.54, 1.807) is 25.1 Å². The second-order valence-corrected chi connectivity index (χ2v) is 10.3. The highest BCUT2D eigenvalue weighted by Gasteiger charge is 2.42. The summed E-state index contributed by atoms with van der Waals surface area (Å²) in [5.41, 5.74) is 5.72. The average molecular weight is 654 g/mol. The fourth-order valence-electron chi connectivity index (χ4n) is 4.55. The minimum atomic E-state index is -5.08. The quantitative estimate of drug-likeness (QED) is 0.387. The van der Waals surface area contributed by atoms with Gasteiger partial charge >= 0.3 is 18.5 Å². The molecule has 0 aliphatic carbocycles. The first kappa shape index (κ1) is 34.4. The number of amides is 2. The number of nitrogens with two attached hydrogens (primary N) is 1.